The molecule has 1 atom stereocenters. The van der Waals surface area contributed by atoms with E-state index in [1.807, 2.05) is 12.1 Å². The van der Waals surface area contributed by atoms with Crippen LogP contribution in [0.25, 0.3) is 11.0 Å². The lowest BCUT2D eigenvalue weighted by molar-refractivity contribution is -0.384. The number of halogens is 1. The third-order valence-electron chi connectivity index (χ3n) is 15.6. The Balaban J connectivity index is 0.855. The second-order valence-corrected chi connectivity index (χ2v) is 22.3. The standard InChI is InChI=1S/C55H65FN10O9S/c1-36(2)42-7-5-6-8-43(42)48-35-63(34-37-9-12-40(72-3)13-10-37)21-22-65(48)39-30-55(31-39)15-18-64(19-16-55)38-11-14-44(49(27-38)75-50-29-45-46(56)33-59-51(45)60-54(50)73-4)53(67)61-76(70,71)41-28-47(66(68)69)52(58-32-41)57-17-20-62-23-25-74-26-24-62/h5-14,27-29,32-33,36,39,48H,15-26,30-31,34-35H2,1-4H3,(H,57,58)(H,59,60)(H,61,67)/t48-/m0/s1. The van der Waals surface area contributed by atoms with Crippen LogP contribution in [0.5, 0.6) is 23.1 Å². The maximum atomic E-state index is 14.9. The predicted octanol–water partition coefficient (Wildman–Crippen LogP) is 8.11. The van der Waals surface area contributed by atoms with Gasteiger partial charge in [0, 0.05) is 108 Å². The molecule has 1 saturated carbocycles. The number of morpholine rings is 1. The van der Waals surface area contributed by atoms with Gasteiger partial charge in [-0.05, 0) is 78.0 Å². The summed E-state index contributed by atoms with van der Waals surface area (Å²) in [7, 11) is -1.66. The molecule has 0 radical (unpaired) electrons. The van der Waals surface area contributed by atoms with E-state index in [0.717, 1.165) is 108 Å². The van der Waals surface area contributed by atoms with Crippen LogP contribution >= 0.6 is 0 Å². The minimum absolute atomic E-state index is 0.0104. The number of hydrogen-bond acceptors (Lipinski definition) is 16. The number of fused-ring (bicyclic) bond motifs is 1. The van der Waals surface area contributed by atoms with E-state index in [-0.39, 0.29) is 51.3 Å². The second-order valence-electron chi connectivity index (χ2n) is 20.6. The van der Waals surface area contributed by atoms with Gasteiger partial charge < -0.3 is 34.1 Å². The first-order valence-electron chi connectivity index (χ1n) is 25.9. The molecule has 0 bridgehead atoms. The summed E-state index contributed by atoms with van der Waals surface area (Å²) in [5, 5.41) is 15.2. The SMILES string of the molecule is COc1ccc(CN2CCN(C3CC4(CCN(c5ccc(C(=O)NS(=O)(=O)c6cnc(NCCN7CCOCC7)c([N+](=O)[O-])c6)c(Oc6cc7c(F)c[nH]c7nc6OC)c5)CC4)C3)[C@H](c3ccccc3C(C)C)C2)cc1. The number of benzene rings is 3. The molecule has 3 N–H and O–H groups in total. The third-order valence-corrected chi connectivity index (χ3v) is 16.9. The van der Waals surface area contributed by atoms with Crippen LogP contribution < -0.4 is 29.1 Å². The van der Waals surface area contributed by atoms with Crippen molar-refractivity contribution in [1.82, 2.24) is 34.4 Å². The lowest BCUT2D eigenvalue weighted by Gasteiger charge is -2.58. The Hall–Kier alpha value is -6.91. The van der Waals surface area contributed by atoms with E-state index in [1.54, 1.807) is 19.2 Å². The molecule has 1 amide bonds. The smallest absolute Gasteiger partial charge is 0.312 e. The molecule has 76 heavy (non-hydrogen) atoms. The van der Waals surface area contributed by atoms with Crippen LogP contribution in [-0.2, 0) is 21.3 Å². The fourth-order valence-electron chi connectivity index (χ4n) is 11.4. The van der Waals surface area contributed by atoms with Crippen molar-refractivity contribution in [2.24, 2.45) is 5.41 Å². The molecule has 3 aliphatic heterocycles. The Morgan fingerprint density at radius 3 is 2.43 bits per heavy atom. The zero-order valence-corrected chi connectivity index (χ0v) is 44.1. The number of H-pyrrole nitrogens is 1. The van der Waals surface area contributed by atoms with Crippen molar-refractivity contribution in [3.05, 3.63) is 129 Å². The number of aromatic nitrogens is 3. The maximum Gasteiger partial charge on any atom is 0.312 e. The number of pyridine rings is 2. The Morgan fingerprint density at radius 1 is 0.947 bits per heavy atom. The van der Waals surface area contributed by atoms with Gasteiger partial charge in [0.15, 0.2) is 5.75 Å². The van der Waals surface area contributed by atoms with E-state index in [0.29, 0.717) is 38.3 Å². The monoisotopic (exact) mass is 1060 g/mol. The lowest BCUT2D eigenvalue weighted by atomic mass is 9.59. The van der Waals surface area contributed by atoms with Gasteiger partial charge in [-0.2, -0.15) is 4.98 Å². The van der Waals surface area contributed by atoms with Gasteiger partial charge in [-0.25, -0.2) is 22.5 Å². The molecule has 21 heteroatoms. The first-order valence-corrected chi connectivity index (χ1v) is 27.4. The number of amides is 1. The van der Waals surface area contributed by atoms with Gasteiger partial charge in [0.05, 0.1) is 49.5 Å². The summed E-state index contributed by atoms with van der Waals surface area (Å²) in [5.41, 5.74) is 4.43. The molecule has 4 fully saturated rings. The van der Waals surface area contributed by atoms with E-state index >= 15 is 0 Å². The van der Waals surface area contributed by atoms with Crippen molar-refractivity contribution in [3.8, 4) is 23.1 Å². The highest BCUT2D eigenvalue weighted by Gasteiger charge is 2.50. The van der Waals surface area contributed by atoms with Crippen LogP contribution in [-0.4, -0.2) is 141 Å². The van der Waals surface area contributed by atoms with Crippen molar-refractivity contribution >= 4 is 44.2 Å². The Bertz CT molecular complexity index is 3170. The molecule has 10 rings (SSSR count). The summed E-state index contributed by atoms with van der Waals surface area (Å²) >= 11 is 0. The summed E-state index contributed by atoms with van der Waals surface area (Å²) in [4.78, 5) is 46.0. The number of piperazine rings is 1. The van der Waals surface area contributed by atoms with Crippen molar-refractivity contribution in [1.29, 1.82) is 0 Å². The molecule has 3 saturated heterocycles. The molecule has 4 aliphatic rings. The molecule has 3 aromatic heterocycles. The first-order chi connectivity index (χ1) is 36.7. The number of ether oxygens (including phenoxy) is 4. The molecule has 0 unspecified atom stereocenters. The van der Waals surface area contributed by atoms with E-state index in [2.05, 4.69) is 94.8 Å². The first kappa shape index (κ1) is 52.5. The zero-order chi connectivity index (χ0) is 53.1. The van der Waals surface area contributed by atoms with Crippen LogP contribution in [0.15, 0.2) is 96.2 Å². The number of methoxy groups -OCH3 is 2. The van der Waals surface area contributed by atoms with Gasteiger partial charge in [-0.15, -0.1) is 0 Å². The minimum Gasteiger partial charge on any atom is -0.497 e. The van der Waals surface area contributed by atoms with Crippen LogP contribution in [0.1, 0.15) is 78.5 Å². The van der Waals surface area contributed by atoms with Crippen LogP contribution in [0, 0.1) is 21.3 Å². The van der Waals surface area contributed by atoms with Crippen LogP contribution in [0.2, 0.25) is 0 Å². The fraction of sp³-hybridized carbons (Fsp3) is 0.436. The average molecular weight is 1060 g/mol. The fourth-order valence-corrected chi connectivity index (χ4v) is 12.3. The average Bonchev–Trinajstić information content (AvgIpc) is 3.78. The van der Waals surface area contributed by atoms with Gasteiger partial charge in [-0.3, -0.25) is 29.6 Å². The Morgan fingerprint density at radius 2 is 1.71 bits per heavy atom. The number of aromatic amines is 1. The number of hydrogen-bond donors (Lipinski definition) is 3. The highest BCUT2D eigenvalue weighted by atomic mass is 32.2. The predicted molar refractivity (Wildman–Crippen MR) is 286 cm³/mol. The molecular formula is C55H65FN10O9S. The highest BCUT2D eigenvalue weighted by Crippen LogP contribution is 2.53. The molecule has 1 aliphatic carbocycles. The molecule has 19 nitrogen and oxygen atoms in total. The van der Waals surface area contributed by atoms with Gasteiger partial charge >= 0.3 is 5.69 Å². The number of nitro groups is 1. The largest absolute Gasteiger partial charge is 0.497 e. The molecule has 6 aromatic rings. The van der Waals surface area contributed by atoms with Crippen molar-refractivity contribution < 1.29 is 41.5 Å². The quantitative estimate of drug-likeness (QED) is 0.0548. The Labute approximate surface area is 441 Å². The van der Waals surface area contributed by atoms with Crippen LogP contribution in [0.4, 0.5) is 21.6 Å². The van der Waals surface area contributed by atoms with E-state index in [1.165, 1.54) is 35.9 Å². The topological polar surface area (TPSA) is 210 Å². The van der Waals surface area contributed by atoms with Crippen molar-refractivity contribution in [2.75, 3.05) is 96.6 Å². The summed E-state index contributed by atoms with van der Waals surface area (Å²) in [6.07, 6.45) is 6.21. The number of anilines is 2. The summed E-state index contributed by atoms with van der Waals surface area (Å²) in [5.74, 6) is -0.605. The molecule has 6 heterocycles. The second kappa shape index (κ2) is 22.4. The van der Waals surface area contributed by atoms with Gasteiger partial charge in [-0.1, -0.05) is 50.2 Å². The lowest BCUT2D eigenvalue weighted by Crippen LogP contribution is -2.60. The van der Waals surface area contributed by atoms with Crippen molar-refractivity contribution in [2.45, 2.75) is 69.0 Å². The molecular weight excluding hydrogens is 996 g/mol. The Kier molecular flexibility index (Phi) is 15.5. The minimum atomic E-state index is -4.73. The number of nitrogens with zero attached hydrogens (tertiary/aromatic N) is 7. The summed E-state index contributed by atoms with van der Waals surface area (Å²) in [6.45, 7) is 13.3. The van der Waals surface area contributed by atoms with E-state index in [4.69, 9.17) is 18.9 Å². The zero-order valence-electron chi connectivity index (χ0n) is 43.3. The van der Waals surface area contributed by atoms with E-state index in [9.17, 15) is 27.7 Å². The number of sulfonamides is 1. The van der Waals surface area contributed by atoms with Gasteiger partial charge in [0.2, 0.25) is 5.82 Å². The van der Waals surface area contributed by atoms with Gasteiger partial charge in [0.1, 0.15) is 27.9 Å². The molecule has 1 spiro atoms. The number of piperidine rings is 1. The summed E-state index contributed by atoms with van der Waals surface area (Å²) in [6, 6.07) is 25.1. The van der Waals surface area contributed by atoms with Gasteiger partial charge in [0.25, 0.3) is 21.8 Å². The number of carbonyl (C=O) groups excluding carboxylic acids is 1. The van der Waals surface area contributed by atoms with Crippen molar-refractivity contribution in [3.63, 3.8) is 0 Å². The maximum absolute atomic E-state index is 14.9. The third kappa shape index (κ3) is 11.3. The summed E-state index contributed by atoms with van der Waals surface area (Å²) < 4.78 is 67.4. The normalized spacial score (nSPS) is 18.7. The molecule has 402 valence electrons. The number of nitrogens with one attached hydrogen (secondary N) is 3. The number of carbonyl (C=O) groups is 1. The highest BCUT2D eigenvalue weighted by molar-refractivity contribution is 7.90. The number of rotatable bonds is 18. The van der Waals surface area contributed by atoms with Crippen LogP contribution in [0.3, 0.4) is 0 Å². The molecule has 3 aromatic carbocycles. The van der Waals surface area contributed by atoms with E-state index < -0.39 is 37.3 Å².